The van der Waals surface area contributed by atoms with E-state index in [1.165, 1.54) is 0 Å². The first kappa shape index (κ1) is 30.4. The molecule has 4 N–H and O–H groups in total. The molecule has 0 saturated heterocycles. The molecule has 2 aromatic carbocycles. The van der Waals surface area contributed by atoms with Gasteiger partial charge in [0.25, 0.3) is 0 Å². The van der Waals surface area contributed by atoms with Gasteiger partial charge in [0.1, 0.15) is 23.9 Å². The molecule has 3 amide bonds. The van der Waals surface area contributed by atoms with Crippen molar-refractivity contribution in [3.8, 4) is 5.75 Å². The minimum absolute atomic E-state index is 0.0537. The number of hydrogen-bond donors (Lipinski definition) is 4. The molecule has 2 aromatic rings. The predicted octanol–water partition coefficient (Wildman–Crippen LogP) is 4.11. The minimum Gasteiger partial charge on any atom is -0.492 e. The van der Waals surface area contributed by atoms with Crippen molar-refractivity contribution in [2.24, 2.45) is 11.8 Å². The molecule has 9 heteroatoms. The van der Waals surface area contributed by atoms with Gasteiger partial charge in [0.15, 0.2) is 0 Å². The Morgan fingerprint density at radius 1 is 1.05 bits per heavy atom. The Bertz CT molecular complexity index is 1280. The second kappa shape index (κ2) is 13.5. The van der Waals surface area contributed by atoms with E-state index < -0.39 is 17.6 Å². The lowest BCUT2D eigenvalue weighted by atomic mass is 9.92. The molecule has 8 nitrogen and oxygen atoms in total. The lowest BCUT2D eigenvalue weighted by Crippen LogP contribution is -2.64. The third kappa shape index (κ3) is 7.09. The maximum Gasteiger partial charge on any atom is 0.246 e. The summed E-state index contributed by atoms with van der Waals surface area (Å²) in [4.78, 5) is 41.3. The fourth-order valence-corrected chi connectivity index (χ4v) is 6.61. The highest BCUT2D eigenvalue weighted by atomic mass is 35.5. The molecule has 2 fully saturated rings. The summed E-state index contributed by atoms with van der Waals surface area (Å²) in [5, 5.41) is 13.3. The Morgan fingerprint density at radius 3 is 2.60 bits per heavy atom. The molecular weight excluding hydrogens is 552 g/mol. The molecule has 3 aliphatic rings. The maximum absolute atomic E-state index is 14.0. The van der Waals surface area contributed by atoms with Gasteiger partial charge in [-0.1, -0.05) is 75.0 Å². The number of nitrogens with one attached hydrogen (secondary N) is 4. The van der Waals surface area contributed by atoms with E-state index in [9.17, 15) is 14.4 Å². The summed E-state index contributed by atoms with van der Waals surface area (Å²) in [6.45, 7) is 5.53. The van der Waals surface area contributed by atoms with Crippen molar-refractivity contribution in [3.05, 3.63) is 64.7 Å². The van der Waals surface area contributed by atoms with Crippen molar-refractivity contribution >= 4 is 29.3 Å². The number of hydrogen-bond acceptors (Lipinski definition) is 5. The molecule has 0 aromatic heterocycles. The van der Waals surface area contributed by atoms with Crippen LogP contribution in [0.3, 0.4) is 0 Å². The van der Waals surface area contributed by atoms with Crippen LogP contribution in [0.15, 0.2) is 48.5 Å². The van der Waals surface area contributed by atoms with E-state index in [-0.39, 0.29) is 23.6 Å². The van der Waals surface area contributed by atoms with Crippen LogP contribution in [0.1, 0.15) is 69.4 Å². The van der Waals surface area contributed by atoms with E-state index in [1.807, 2.05) is 43.3 Å². The molecule has 42 heavy (non-hydrogen) atoms. The van der Waals surface area contributed by atoms with Crippen LogP contribution in [0.25, 0.3) is 0 Å². The van der Waals surface area contributed by atoms with Crippen LogP contribution >= 0.6 is 11.6 Å². The van der Waals surface area contributed by atoms with Crippen LogP contribution in [-0.4, -0.2) is 55.0 Å². The molecule has 0 radical (unpaired) electrons. The molecule has 1 aliphatic heterocycles. The zero-order valence-corrected chi connectivity index (χ0v) is 25.3. The molecular formula is C33H43ClN4O4. The topological polar surface area (TPSA) is 109 Å². The van der Waals surface area contributed by atoms with Gasteiger partial charge in [-0.05, 0) is 66.3 Å². The monoisotopic (exact) mass is 594 g/mol. The van der Waals surface area contributed by atoms with Crippen LogP contribution in [0.4, 0.5) is 0 Å². The van der Waals surface area contributed by atoms with Gasteiger partial charge in [-0.3, -0.25) is 14.4 Å². The van der Waals surface area contributed by atoms with E-state index in [2.05, 4.69) is 34.3 Å². The summed E-state index contributed by atoms with van der Waals surface area (Å²) in [5.41, 5.74) is 0.937. The summed E-state index contributed by atoms with van der Waals surface area (Å²) in [6, 6.07) is 14.1. The quantitative estimate of drug-likeness (QED) is 0.426. The Hall–Kier alpha value is -3.10. The summed E-state index contributed by atoms with van der Waals surface area (Å²) in [7, 11) is 0. The Morgan fingerprint density at radius 2 is 1.83 bits per heavy atom. The second-order valence-electron chi connectivity index (χ2n) is 12.2. The van der Waals surface area contributed by atoms with Crippen LogP contribution < -0.4 is 26.0 Å². The van der Waals surface area contributed by atoms with Crippen molar-refractivity contribution in [1.29, 1.82) is 0 Å². The van der Waals surface area contributed by atoms with Gasteiger partial charge in [0.2, 0.25) is 17.7 Å². The van der Waals surface area contributed by atoms with Crippen LogP contribution in [0.5, 0.6) is 5.75 Å². The number of amides is 3. The molecule has 1 spiro atoms. The first-order valence-corrected chi connectivity index (χ1v) is 15.8. The number of carbonyl (C=O) groups excluding carboxylic acids is 3. The van der Waals surface area contributed by atoms with Crippen molar-refractivity contribution in [2.75, 3.05) is 19.7 Å². The molecule has 5 rings (SSSR count). The number of rotatable bonds is 4. The molecule has 1 heterocycles. The van der Waals surface area contributed by atoms with Gasteiger partial charge < -0.3 is 26.0 Å². The van der Waals surface area contributed by atoms with E-state index in [0.717, 1.165) is 42.6 Å². The molecule has 2 saturated carbocycles. The molecule has 0 bridgehead atoms. The van der Waals surface area contributed by atoms with Crippen molar-refractivity contribution < 1.29 is 19.1 Å². The predicted molar refractivity (Wildman–Crippen MR) is 163 cm³/mol. The molecule has 5 atom stereocenters. The standard InChI is InChI=1S/C33H43ClN4O4/c1-3-21(2)29-31(40)38-33(13-6-7-14-33)32(41)37-27(18-22-9-8-10-24(34)17-22)30(39)36-20-23-19-26(23)25-11-4-5-12-28(25)42-16-15-35-29/h4-5,8-12,17,21,23,26-27,29,35H,3,6-7,13-16,18-20H2,1-2H3,(H,36,39)(H,37,41)(H,38,40)/t21?,23-,26+,27+,29+/m1/s1. The third-order valence-corrected chi connectivity index (χ3v) is 9.44. The number of halogens is 1. The highest BCUT2D eigenvalue weighted by Gasteiger charge is 2.45. The van der Waals surface area contributed by atoms with E-state index in [0.29, 0.717) is 55.8 Å². The lowest BCUT2D eigenvalue weighted by molar-refractivity contribution is -0.137. The molecule has 1 unspecified atom stereocenters. The summed E-state index contributed by atoms with van der Waals surface area (Å²) in [5.74, 6) is 0.764. The maximum atomic E-state index is 14.0. The normalized spacial score (nSPS) is 27.3. The number of fused-ring (bicyclic) bond motifs is 3. The zero-order valence-electron chi connectivity index (χ0n) is 24.6. The first-order chi connectivity index (χ1) is 20.3. The number of ether oxygens (including phenoxy) is 1. The van der Waals surface area contributed by atoms with Gasteiger partial charge in [-0.25, -0.2) is 0 Å². The van der Waals surface area contributed by atoms with Crippen LogP contribution in [-0.2, 0) is 20.8 Å². The van der Waals surface area contributed by atoms with Crippen LogP contribution in [0, 0.1) is 11.8 Å². The van der Waals surface area contributed by atoms with Crippen molar-refractivity contribution in [1.82, 2.24) is 21.3 Å². The van der Waals surface area contributed by atoms with Gasteiger partial charge in [0, 0.05) is 24.5 Å². The van der Waals surface area contributed by atoms with Crippen molar-refractivity contribution in [3.63, 3.8) is 0 Å². The van der Waals surface area contributed by atoms with E-state index in [1.54, 1.807) is 6.07 Å². The van der Waals surface area contributed by atoms with E-state index in [4.69, 9.17) is 16.3 Å². The average Bonchev–Trinajstić information content (AvgIpc) is 3.60. The molecule has 2 aliphatic carbocycles. The zero-order chi connectivity index (χ0) is 29.7. The fraction of sp³-hybridized carbons (Fsp3) is 0.545. The fourth-order valence-electron chi connectivity index (χ4n) is 6.40. The largest absolute Gasteiger partial charge is 0.492 e. The summed E-state index contributed by atoms with van der Waals surface area (Å²) >= 11 is 6.24. The minimum atomic E-state index is -1.06. The Labute approximate surface area is 253 Å². The van der Waals surface area contributed by atoms with Gasteiger partial charge in [-0.15, -0.1) is 0 Å². The first-order valence-electron chi connectivity index (χ1n) is 15.4. The number of para-hydroxylation sites is 1. The highest BCUT2D eigenvalue weighted by molar-refractivity contribution is 6.30. The average molecular weight is 595 g/mol. The lowest BCUT2D eigenvalue weighted by Gasteiger charge is -2.34. The number of benzene rings is 2. The third-order valence-electron chi connectivity index (χ3n) is 9.20. The number of carbonyl (C=O) groups is 3. The smallest absolute Gasteiger partial charge is 0.246 e. The van der Waals surface area contributed by atoms with Crippen LogP contribution in [0.2, 0.25) is 5.02 Å². The van der Waals surface area contributed by atoms with Crippen molar-refractivity contribution in [2.45, 2.75) is 82.3 Å². The van der Waals surface area contributed by atoms with E-state index >= 15 is 0 Å². The van der Waals surface area contributed by atoms with Gasteiger partial charge in [0.05, 0.1) is 6.04 Å². The Balaban J connectivity index is 1.43. The summed E-state index contributed by atoms with van der Waals surface area (Å²) < 4.78 is 6.20. The van der Waals surface area contributed by atoms with Gasteiger partial charge >= 0.3 is 0 Å². The molecule has 226 valence electrons. The highest BCUT2D eigenvalue weighted by Crippen LogP contribution is 2.50. The second-order valence-corrected chi connectivity index (χ2v) is 12.6. The summed E-state index contributed by atoms with van der Waals surface area (Å²) in [6.07, 6.45) is 4.79. The Kier molecular flexibility index (Phi) is 9.74. The van der Waals surface area contributed by atoms with Gasteiger partial charge in [-0.2, -0.15) is 0 Å². The SMILES string of the molecule is CCC(C)[C@@H]1NCCOc2ccccc2[C@H]2C[C@@H]2CNC(=O)[C@H](Cc2cccc(Cl)c2)NC(=O)C2(CCCC2)NC1=O.